The third-order valence-corrected chi connectivity index (χ3v) is 4.32. The molecule has 2 N–H and O–H groups in total. The number of amides is 1. The van der Waals surface area contributed by atoms with E-state index in [2.05, 4.69) is 15.6 Å². The van der Waals surface area contributed by atoms with Gasteiger partial charge in [-0.2, -0.15) is 0 Å². The van der Waals surface area contributed by atoms with Crippen molar-refractivity contribution >= 4 is 17.5 Å². The highest BCUT2D eigenvalue weighted by molar-refractivity contribution is 6.32. The monoisotopic (exact) mass is 394 g/mol. The molecule has 0 unspecified atom stereocenters. The van der Waals surface area contributed by atoms with E-state index in [-0.39, 0.29) is 35.2 Å². The summed E-state index contributed by atoms with van der Waals surface area (Å²) in [6, 6.07) is 11.7. The third kappa shape index (κ3) is 5.92. The zero-order chi connectivity index (χ0) is 19.8. The van der Waals surface area contributed by atoms with Crippen LogP contribution in [-0.4, -0.2) is 19.1 Å². The molecule has 2 aromatic carbocycles. The molecule has 1 amide bonds. The summed E-state index contributed by atoms with van der Waals surface area (Å²) >= 11 is 6.16. The predicted molar refractivity (Wildman–Crippen MR) is 103 cm³/mol. The topological polar surface area (TPSA) is 59.6 Å². The zero-order valence-corrected chi connectivity index (χ0v) is 16.3. The molecule has 2 rings (SSSR count). The van der Waals surface area contributed by atoms with Crippen LogP contribution in [0.2, 0.25) is 5.02 Å². The van der Waals surface area contributed by atoms with Gasteiger partial charge in [-0.15, -0.1) is 0 Å². The summed E-state index contributed by atoms with van der Waals surface area (Å²) in [4.78, 5) is 16.2. The molecule has 0 saturated carbocycles. The fourth-order valence-electron chi connectivity index (χ4n) is 2.78. The van der Waals surface area contributed by atoms with Crippen LogP contribution in [0.15, 0.2) is 42.5 Å². The molecule has 0 bridgehead atoms. The molecule has 0 radical (unpaired) electrons. The normalized spacial score (nSPS) is 13.1. The first-order valence-electron chi connectivity index (χ1n) is 8.74. The van der Waals surface area contributed by atoms with Gasteiger partial charge in [0.2, 0.25) is 5.91 Å². The van der Waals surface area contributed by atoms with Gasteiger partial charge in [0.15, 0.2) is 11.6 Å². The van der Waals surface area contributed by atoms with Gasteiger partial charge in [0, 0.05) is 24.1 Å². The minimum absolute atomic E-state index is 0.00889. The van der Waals surface area contributed by atoms with Crippen molar-refractivity contribution in [3.05, 3.63) is 58.9 Å². The van der Waals surface area contributed by atoms with Crippen molar-refractivity contribution in [2.24, 2.45) is 0 Å². The minimum Gasteiger partial charge on any atom is -0.453 e. The third-order valence-electron chi connectivity index (χ3n) is 4.02. The molecule has 0 saturated heterocycles. The highest BCUT2D eigenvalue weighted by Gasteiger charge is 2.22. The second kappa shape index (κ2) is 10.3. The van der Waals surface area contributed by atoms with Gasteiger partial charge in [-0.1, -0.05) is 42.8 Å². The number of carbonyl (C=O) groups excluding carboxylic acids is 1. The molecular weight excluding hydrogens is 371 g/mol. The van der Waals surface area contributed by atoms with Crippen molar-refractivity contribution in [1.29, 1.82) is 0 Å². The van der Waals surface area contributed by atoms with E-state index in [1.807, 2.05) is 19.9 Å². The highest BCUT2D eigenvalue weighted by atomic mass is 35.5. The SMILES string of the molecule is CC[C@@H](N[C@H](C)CC(=O)NOC)c1ccc(Cl)c(Oc2ccccc2)c1F. The molecule has 0 aromatic heterocycles. The van der Waals surface area contributed by atoms with Crippen molar-refractivity contribution in [3.8, 4) is 11.5 Å². The van der Waals surface area contributed by atoms with Crippen molar-refractivity contribution in [3.63, 3.8) is 0 Å². The molecule has 0 heterocycles. The van der Waals surface area contributed by atoms with Crippen LogP contribution in [0.3, 0.4) is 0 Å². The number of ether oxygens (including phenoxy) is 1. The maximum atomic E-state index is 15.1. The van der Waals surface area contributed by atoms with Gasteiger partial charge < -0.3 is 10.1 Å². The van der Waals surface area contributed by atoms with Gasteiger partial charge in [0.05, 0.1) is 12.1 Å². The molecule has 0 aliphatic rings. The molecule has 0 aliphatic heterocycles. The van der Waals surface area contributed by atoms with E-state index < -0.39 is 5.82 Å². The molecular formula is C20H24ClFN2O3. The fourth-order valence-corrected chi connectivity index (χ4v) is 2.96. The molecule has 2 aromatic rings. The second-order valence-corrected chi connectivity index (χ2v) is 6.56. The van der Waals surface area contributed by atoms with Gasteiger partial charge >= 0.3 is 0 Å². The number of nitrogens with one attached hydrogen (secondary N) is 2. The van der Waals surface area contributed by atoms with Gasteiger partial charge in [-0.3, -0.25) is 9.63 Å². The van der Waals surface area contributed by atoms with Crippen LogP contribution in [0.4, 0.5) is 4.39 Å². The summed E-state index contributed by atoms with van der Waals surface area (Å²) in [6.07, 6.45) is 0.826. The number of halogens is 2. The second-order valence-electron chi connectivity index (χ2n) is 6.16. The summed E-state index contributed by atoms with van der Waals surface area (Å²) in [5.74, 6) is -0.275. The van der Waals surface area contributed by atoms with Crippen molar-refractivity contribution in [2.75, 3.05) is 7.11 Å². The van der Waals surface area contributed by atoms with E-state index in [1.165, 1.54) is 7.11 Å². The number of hydrogen-bond acceptors (Lipinski definition) is 4. The Bertz CT molecular complexity index is 758. The number of hydroxylamine groups is 1. The summed E-state index contributed by atoms with van der Waals surface area (Å²) in [5, 5.41) is 3.47. The van der Waals surface area contributed by atoms with Crippen LogP contribution < -0.4 is 15.5 Å². The Kier molecular flexibility index (Phi) is 8.03. The number of hydrogen-bond donors (Lipinski definition) is 2. The van der Waals surface area contributed by atoms with Crippen molar-refractivity contribution in [2.45, 2.75) is 38.8 Å². The Morgan fingerprint density at radius 3 is 2.56 bits per heavy atom. The van der Waals surface area contributed by atoms with E-state index in [9.17, 15) is 4.79 Å². The Morgan fingerprint density at radius 1 is 1.22 bits per heavy atom. The first-order valence-corrected chi connectivity index (χ1v) is 9.12. The lowest BCUT2D eigenvalue weighted by molar-refractivity contribution is -0.131. The lowest BCUT2D eigenvalue weighted by atomic mass is 10.0. The zero-order valence-electron chi connectivity index (χ0n) is 15.6. The van der Waals surface area contributed by atoms with E-state index in [0.29, 0.717) is 17.7 Å². The maximum Gasteiger partial charge on any atom is 0.245 e. The van der Waals surface area contributed by atoms with Crippen LogP contribution in [0.1, 0.15) is 38.3 Å². The number of rotatable bonds is 9. The first-order chi connectivity index (χ1) is 13.0. The fraction of sp³-hybridized carbons (Fsp3) is 0.350. The summed E-state index contributed by atoms with van der Waals surface area (Å²) < 4.78 is 20.8. The van der Waals surface area contributed by atoms with Crippen LogP contribution >= 0.6 is 11.6 Å². The summed E-state index contributed by atoms with van der Waals surface area (Å²) in [7, 11) is 1.38. The Labute approximate surface area is 163 Å². The van der Waals surface area contributed by atoms with Gasteiger partial charge in [-0.05, 0) is 31.5 Å². The van der Waals surface area contributed by atoms with Crippen molar-refractivity contribution in [1.82, 2.24) is 10.8 Å². The lowest BCUT2D eigenvalue weighted by Crippen LogP contribution is -2.35. The Hall–Kier alpha value is -2.15. The van der Waals surface area contributed by atoms with Crippen molar-refractivity contribution < 1.29 is 18.8 Å². The summed E-state index contributed by atoms with van der Waals surface area (Å²) in [6.45, 7) is 3.79. The lowest BCUT2D eigenvalue weighted by Gasteiger charge is -2.24. The number of benzene rings is 2. The molecule has 146 valence electrons. The Morgan fingerprint density at radius 2 is 1.93 bits per heavy atom. The Balaban J connectivity index is 2.20. The quantitative estimate of drug-likeness (QED) is 0.601. The van der Waals surface area contributed by atoms with Gasteiger partial charge in [-0.25, -0.2) is 9.87 Å². The molecule has 0 fully saturated rings. The van der Waals surface area contributed by atoms with E-state index in [1.54, 1.807) is 36.4 Å². The standard InChI is InChI=1S/C20H24ClFN2O3/c1-4-17(23-13(2)12-18(25)24-26-3)15-10-11-16(21)20(19(15)22)27-14-8-6-5-7-9-14/h5-11,13,17,23H,4,12H2,1-3H3,(H,24,25)/t13-,17-/m1/s1. The maximum absolute atomic E-state index is 15.1. The molecule has 5 nitrogen and oxygen atoms in total. The minimum atomic E-state index is -0.515. The summed E-state index contributed by atoms with van der Waals surface area (Å²) in [5.41, 5.74) is 2.71. The van der Waals surface area contributed by atoms with Crippen LogP contribution in [0, 0.1) is 5.82 Å². The number of carbonyl (C=O) groups is 1. The highest BCUT2D eigenvalue weighted by Crippen LogP contribution is 2.36. The van der Waals surface area contributed by atoms with Gasteiger partial charge in [0.25, 0.3) is 0 Å². The predicted octanol–water partition coefficient (Wildman–Crippen LogP) is 4.77. The van der Waals surface area contributed by atoms with Crippen LogP contribution in [-0.2, 0) is 9.63 Å². The van der Waals surface area contributed by atoms with E-state index in [0.717, 1.165) is 0 Å². The average Bonchev–Trinajstić information content (AvgIpc) is 2.64. The molecule has 0 spiro atoms. The number of para-hydroxylation sites is 1. The largest absolute Gasteiger partial charge is 0.453 e. The van der Waals surface area contributed by atoms with E-state index in [4.69, 9.17) is 16.3 Å². The van der Waals surface area contributed by atoms with E-state index >= 15 is 4.39 Å². The van der Waals surface area contributed by atoms with Gasteiger partial charge in [0.1, 0.15) is 5.75 Å². The molecule has 27 heavy (non-hydrogen) atoms. The average molecular weight is 395 g/mol. The smallest absolute Gasteiger partial charge is 0.245 e. The molecule has 7 heteroatoms. The van der Waals surface area contributed by atoms with Crippen LogP contribution in [0.5, 0.6) is 11.5 Å². The molecule has 0 aliphatic carbocycles. The van der Waals surface area contributed by atoms with Crippen LogP contribution in [0.25, 0.3) is 0 Å². The molecule has 2 atom stereocenters. The first kappa shape index (κ1) is 21.2.